The van der Waals surface area contributed by atoms with E-state index in [2.05, 4.69) is 5.32 Å². The van der Waals surface area contributed by atoms with Crippen LogP contribution in [0, 0.1) is 6.92 Å². The van der Waals surface area contributed by atoms with Gasteiger partial charge in [-0.15, -0.1) is 0 Å². The molecule has 0 spiro atoms. The molecular formula is C10H14BNO3. The number of nitrogens with one attached hydrogen (secondary N) is 1. The zero-order valence-corrected chi connectivity index (χ0v) is 8.82. The summed E-state index contributed by atoms with van der Waals surface area (Å²) in [4.78, 5) is 11.4. The molecule has 0 fully saturated rings. The fraction of sp³-hybridized carbons (Fsp3) is 0.300. The molecule has 4 nitrogen and oxygen atoms in total. The summed E-state index contributed by atoms with van der Waals surface area (Å²) in [6.07, 6.45) is 0. The van der Waals surface area contributed by atoms with Crippen LogP contribution in [0.15, 0.2) is 18.2 Å². The second-order valence-electron chi connectivity index (χ2n) is 3.30. The van der Waals surface area contributed by atoms with Crippen LogP contribution >= 0.6 is 0 Å². The molecule has 0 saturated heterocycles. The summed E-state index contributed by atoms with van der Waals surface area (Å²) in [7, 11) is -1.49. The Balaban J connectivity index is 2.96. The molecular weight excluding hydrogens is 193 g/mol. The van der Waals surface area contributed by atoms with Gasteiger partial charge in [-0.05, 0) is 31.4 Å². The van der Waals surface area contributed by atoms with Gasteiger partial charge in [0.2, 0.25) is 0 Å². The first-order valence-electron chi connectivity index (χ1n) is 4.81. The number of carbonyl (C=O) groups excluding carboxylic acids is 1. The van der Waals surface area contributed by atoms with Crippen molar-refractivity contribution < 1.29 is 14.8 Å². The Bertz CT molecular complexity index is 366. The number of benzene rings is 1. The van der Waals surface area contributed by atoms with Crippen LogP contribution in [0.25, 0.3) is 0 Å². The molecule has 0 radical (unpaired) electrons. The van der Waals surface area contributed by atoms with Gasteiger partial charge in [-0.3, -0.25) is 4.79 Å². The maximum Gasteiger partial charge on any atom is 0.488 e. The van der Waals surface area contributed by atoms with Crippen LogP contribution in [0.4, 0.5) is 0 Å². The minimum Gasteiger partial charge on any atom is -0.423 e. The van der Waals surface area contributed by atoms with Crippen molar-refractivity contribution in [1.82, 2.24) is 5.32 Å². The third-order valence-electron chi connectivity index (χ3n) is 2.15. The summed E-state index contributed by atoms with van der Waals surface area (Å²) in [5.74, 6) is -0.153. The quantitative estimate of drug-likeness (QED) is 0.581. The highest BCUT2D eigenvalue weighted by molar-refractivity contribution is 6.59. The molecule has 0 atom stereocenters. The van der Waals surface area contributed by atoms with Crippen molar-refractivity contribution in [2.45, 2.75) is 13.8 Å². The summed E-state index contributed by atoms with van der Waals surface area (Å²) >= 11 is 0. The van der Waals surface area contributed by atoms with Gasteiger partial charge in [-0.2, -0.15) is 0 Å². The van der Waals surface area contributed by atoms with E-state index < -0.39 is 7.12 Å². The van der Waals surface area contributed by atoms with Gasteiger partial charge in [-0.25, -0.2) is 0 Å². The predicted octanol–water partition coefficient (Wildman–Crippen LogP) is -0.575. The molecule has 0 aromatic heterocycles. The van der Waals surface area contributed by atoms with Gasteiger partial charge < -0.3 is 15.4 Å². The summed E-state index contributed by atoms with van der Waals surface area (Å²) in [5.41, 5.74) is 1.63. The molecule has 1 aromatic carbocycles. The lowest BCUT2D eigenvalue weighted by atomic mass is 9.77. The number of amides is 1. The van der Waals surface area contributed by atoms with Crippen molar-refractivity contribution in [2.75, 3.05) is 6.54 Å². The van der Waals surface area contributed by atoms with Crippen molar-refractivity contribution >= 4 is 18.5 Å². The van der Waals surface area contributed by atoms with Gasteiger partial charge in [0.05, 0.1) is 0 Å². The largest absolute Gasteiger partial charge is 0.488 e. The Labute approximate surface area is 89.1 Å². The molecule has 1 amide bonds. The number of aryl methyl sites for hydroxylation is 1. The summed E-state index contributed by atoms with van der Waals surface area (Å²) in [5, 5.41) is 20.7. The van der Waals surface area contributed by atoms with Gasteiger partial charge in [0.1, 0.15) is 0 Å². The predicted molar refractivity (Wildman–Crippen MR) is 59.0 cm³/mol. The molecule has 80 valence electrons. The number of hydrogen-bond acceptors (Lipinski definition) is 3. The molecule has 0 aliphatic carbocycles. The second kappa shape index (κ2) is 4.95. The summed E-state index contributed by atoms with van der Waals surface area (Å²) < 4.78 is 0. The van der Waals surface area contributed by atoms with Crippen molar-refractivity contribution in [1.29, 1.82) is 0 Å². The molecule has 1 rings (SSSR count). The first-order valence-corrected chi connectivity index (χ1v) is 4.81. The van der Waals surface area contributed by atoms with E-state index in [1.165, 1.54) is 0 Å². The first kappa shape index (κ1) is 11.7. The third-order valence-corrected chi connectivity index (χ3v) is 2.15. The molecule has 15 heavy (non-hydrogen) atoms. The molecule has 5 heteroatoms. The Morgan fingerprint density at radius 2 is 2.13 bits per heavy atom. The average molecular weight is 207 g/mol. The van der Waals surface area contributed by atoms with E-state index in [1.807, 2.05) is 6.92 Å². The van der Waals surface area contributed by atoms with Crippen LogP contribution in [0.1, 0.15) is 22.8 Å². The number of hydrogen-bond donors (Lipinski definition) is 3. The van der Waals surface area contributed by atoms with Gasteiger partial charge in [-0.1, -0.05) is 11.6 Å². The molecule has 3 N–H and O–H groups in total. The van der Waals surface area contributed by atoms with Crippen molar-refractivity contribution in [2.24, 2.45) is 0 Å². The zero-order chi connectivity index (χ0) is 11.4. The van der Waals surface area contributed by atoms with Gasteiger partial charge in [0.25, 0.3) is 5.91 Å². The van der Waals surface area contributed by atoms with Crippen LogP contribution in [0.5, 0.6) is 0 Å². The Kier molecular flexibility index (Phi) is 3.88. The highest BCUT2D eigenvalue weighted by Crippen LogP contribution is 2.02. The first-order chi connectivity index (χ1) is 7.06. The van der Waals surface area contributed by atoms with E-state index in [1.54, 1.807) is 25.1 Å². The van der Waals surface area contributed by atoms with Crippen LogP contribution < -0.4 is 10.8 Å². The van der Waals surface area contributed by atoms with E-state index in [-0.39, 0.29) is 5.91 Å². The Hall–Kier alpha value is -1.33. The van der Waals surface area contributed by atoms with Crippen LogP contribution in [-0.4, -0.2) is 29.6 Å². The lowest BCUT2D eigenvalue weighted by Gasteiger charge is -2.07. The average Bonchev–Trinajstić information content (AvgIpc) is 2.17. The molecule has 0 heterocycles. The Morgan fingerprint density at radius 1 is 1.47 bits per heavy atom. The number of carbonyl (C=O) groups is 1. The fourth-order valence-electron chi connectivity index (χ4n) is 1.37. The Morgan fingerprint density at radius 3 is 2.60 bits per heavy atom. The lowest BCUT2D eigenvalue weighted by molar-refractivity contribution is 0.0955. The van der Waals surface area contributed by atoms with E-state index in [4.69, 9.17) is 10.0 Å². The van der Waals surface area contributed by atoms with Gasteiger partial charge >= 0.3 is 7.12 Å². The minimum atomic E-state index is -1.49. The van der Waals surface area contributed by atoms with Crippen molar-refractivity contribution in [3.63, 3.8) is 0 Å². The molecule has 0 aliphatic rings. The SMILES string of the molecule is CCNC(=O)c1ccc(B(O)O)c(C)c1. The minimum absolute atomic E-state index is 0.153. The standard InChI is InChI=1S/C10H14BNO3/c1-3-12-10(13)8-4-5-9(11(14)15)7(2)6-8/h4-6,14-15H,3H2,1-2H3,(H,12,13). The fourth-order valence-corrected chi connectivity index (χ4v) is 1.37. The monoisotopic (exact) mass is 207 g/mol. The summed E-state index contributed by atoms with van der Waals surface area (Å²) in [6.45, 7) is 4.15. The maximum atomic E-state index is 11.4. The smallest absolute Gasteiger partial charge is 0.423 e. The number of rotatable bonds is 3. The van der Waals surface area contributed by atoms with Crippen LogP contribution in [-0.2, 0) is 0 Å². The molecule has 0 bridgehead atoms. The highest BCUT2D eigenvalue weighted by Gasteiger charge is 2.15. The van der Waals surface area contributed by atoms with Crippen LogP contribution in [0.3, 0.4) is 0 Å². The van der Waals surface area contributed by atoms with Crippen molar-refractivity contribution in [3.05, 3.63) is 29.3 Å². The zero-order valence-electron chi connectivity index (χ0n) is 8.82. The van der Waals surface area contributed by atoms with E-state index in [0.717, 1.165) is 0 Å². The van der Waals surface area contributed by atoms with Gasteiger partial charge in [0.15, 0.2) is 0 Å². The third kappa shape index (κ3) is 2.81. The second-order valence-corrected chi connectivity index (χ2v) is 3.30. The van der Waals surface area contributed by atoms with Crippen molar-refractivity contribution in [3.8, 4) is 0 Å². The topological polar surface area (TPSA) is 69.6 Å². The van der Waals surface area contributed by atoms with E-state index in [9.17, 15) is 4.79 Å². The molecule has 0 saturated carbocycles. The van der Waals surface area contributed by atoms with Gasteiger partial charge in [0, 0.05) is 12.1 Å². The lowest BCUT2D eigenvalue weighted by Crippen LogP contribution is -2.33. The summed E-state index contributed by atoms with van der Waals surface area (Å²) in [6, 6.07) is 4.76. The molecule has 0 aliphatic heterocycles. The van der Waals surface area contributed by atoms with E-state index >= 15 is 0 Å². The molecule has 0 unspecified atom stereocenters. The molecule has 1 aromatic rings. The highest BCUT2D eigenvalue weighted by atomic mass is 16.4. The normalized spacial score (nSPS) is 9.87. The van der Waals surface area contributed by atoms with E-state index in [0.29, 0.717) is 23.1 Å². The van der Waals surface area contributed by atoms with Crippen LogP contribution in [0.2, 0.25) is 0 Å². The maximum absolute atomic E-state index is 11.4.